The second kappa shape index (κ2) is 11.3. The Bertz CT molecular complexity index is 1020. The van der Waals surface area contributed by atoms with E-state index in [0.717, 1.165) is 50.6 Å². The molecule has 1 aliphatic carbocycles. The van der Waals surface area contributed by atoms with Crippen LogP contribution in [0.15, 0.2) is 35.7 Å². The first kappa shape index (κ1) is 24.5. The summed E-state index contributed by atoms with van der Waals surface area (Å²) in [5.41, 5.74) is 3.62. The Morgan fingerprint density at radius 3 is 2.49 bits per heavy atom. The molecule has 1 saturated carbocycles. The van der Waals surface area contributed by atoms with Crippen molar-refractivity contribution in [2.24, 2.45) is 5.92 Å². The highest BCUT2D eigenvalue weighted by Crippen LogP contribution is 2.38. The minimum Gasteiger partial charge on any atom is -0.340 e. The second-order valence-corrected chi connectivity index (χ2v) is 11.6. The molecule has 1 aromatic carbocycles. The molecule has 0 spiro atoms. The maximum Gasteiger partial charge on any atom is 0.223 e. The molecular weight excluding hydrogens is 454 g/mol. The summed E-state index contributed by atoms with van der Waals surface area (Å²) in [6, 6.07) is 10.6. The largest absolute Gasteiger partial charge is 0.340 e. The van der Waals surface area contributed by atoms with Crippen LogP contribution in [0.3, 0.4) is 0 Å². The van der Waals surface area contributed by atoms with Crippen LogP contribution in [0, 0.1) is 12.8 Å². The minimum atomic E-state index is -0.0455. The molecule has 0 radical (unpaired) electrons. The summed E-state index contributed by atoms with van der Waals surface area (Å²) in [5.74, 6) is 1.08. The van der Waals surface area contributed by atoms with Gasteiger partial charge in [0.2, 0.25) is 11.8 Å². The van der Waals surface area contributed by atoms with Gasteiger partial charge in [0.15, 0.2) is 0 Å². The van der Waals surface area contributed by atoms with E-state index in [1.54, 1.807) is 11.3 Å². The number of carbonyl (C=O) groups excluding carboxylic acids is 2. The van der Waals surface area contributed by atoms with E-state index in [-0.39, 0.29) is 17.9 Å². The van der Waals surface area contributed by atoms with Gasteiger partial charge in [-0.2, -0.15) is 0 Å². The van der Waals surface area contributed by atoms with Crippen LogP contribution in [0.2, 0.25) is 0 Å². The zero-order valence-electron chi connectivity index (χ0n) is 21.1. The summed E-state index contributed by atoms with van der Waals surface area (Å²) in [7, 11) is 0. The van der Waals surface area contributed by atoms with E-state index in [1.807, 2.05) is 9.80 Å². The molecule has 3 heterocycles. The number of nitrogens with zero attached hydrogens (tertiary/aromatic N) is 3. The van der Waals surface area contributed by atoms with Crippen LogP contribution < -0.4 is 0 Å². The van der Waals surface area contributed by atoms with Crippen molar-refractivity contribution in [3.8, 4) is 0 Å². The van der Waals surface area contributed by atoms with Gasteiger partial charge in [0, 0.05) is 57.0 Å². The van der Waals surface area contributed by atoms with Gasteiger partial charge in [-0.15, -0.1) is 11.3 Å². The highest BCUT2D eigenvalue weighted by molar-refractivity contribution is 7.10. The van der Waals surface area contributed by atoms with E-state index in [9.17, 15) is 9.59 Å². The normalized spacial score (nSPS) is 21.7. The summed E-state index contributed by atoms with van der Waals surface area (Å²) >= 11 is 1.79. The SMILES string of the molecule is Cc1cccc(C2c3ccsc3CCN2C(=O)CCC(=O)N2CCN(CC3CCCCC3)CC2)c1. The number of hydrogen-bond donors (Lipinski definition) is 0. The van der Waals surface area contributed by atoms with Gasteiger partial charge >= 0.3 is 0 Å². The van der Waals surface area contributed by atoms with Crippen LogP contribution in [-0.4, -0.2) is 65.8 Å². The third kappa shape index (κ3) is 5.80. The predicted molar refractivity (Wildman–Crippen MR) is 142 cm³/mol. The van der Waals surface area contributed by atoms with Crippen LogP contribution >= 0.6 is 11.3 Å². The Kier molecular flexibility index (Phi) is 7.88. The Balaban J connectivity index is 1.15. The molecule has 5 rings (SSSR count). The molecule has 3 aliphatic rings. The van der Waals surface area contributed by atoms with E-state index < -0.39 is 0 Å². The fourth-order valence-electron chi connectivity index (χ4n) is 6.22. The molecule has 1 aromatic heterocycles. The van der Waals surface area contributed by atoms with E-state index in [2.05, 4.69) is 47.5 Å². The molecule has 6 heteroatoms. The van der Waals surface area contributed by atoms with Crippen LogP contribution in [-0.2, 0) is 16.0 Å². The van der Waals surface area contributed by atoms with Crippen molar-refractivity contribution in [2.45, 2.75) is 64.3 Å². The summed E-state index contributed by atoms with van der Waals surface area (Å²) in [5, 5.41) is 2.14. The number of carbonyl (C=O) groups is 2. The van der Waals surface area contributed by atoms with Gasteiger partial charge < -0.3 is 9.80 Å². The third-order valence-corrected chi connectivity index (χ3v) is 9.16. The van der Waals surface area contributed by atoms with Crippen molar-refractivity contribution >= 4 is 23.2 Å². The first-order chi connectivity index (χ1) is 17.1. The standard InChI is InChI=1S/C29H39N3O2S/c1-22-6-5-9-24(20-22)29-25-13-19-35-26(25)12-14-32(29)28(34)11-10-27(33)31-17-15-30(16-18-31)21-23-7-3-2-4-8-23/h5-6,9,13,19-20,23,29H,2-4,7-8,10-12,14-18,21H2,1H3. The second-order valence-electron chi connectivity index (χ2n) is 10.6. The Labute approximate surface area is 214 Å². The molecular formula is C29H39N3O2S. The molecule has 2 aliphatic heterocycles. The molecule has 0 N–H and O–H groups in total. The molecule has 1 unspecified atom stereocenters. The number of thiophene rings is 1. The highest BCUT2D eigenvalue weighted by atomic mass is 32.1. The summed E-state index contributed by atoms with van der Waals surface area (Å²) in [6.45, 7) is 7.55. The number of aryl methyl sites for hydroxylation is 1. The number of rotatable bonds is 6. The van der Waals surface area contributed by atoms with E-state index >= 15 is 0 Å². The average Bonchev–Trinajstić information content (AvgIpc) is 3.36. The van der Waals surface area contributed by atoms with E-state index in [1.165, 1.54) is 54.7 Å². The molecule has 2 amide bonds. The van der Waals surface area contributed by atoms with E-state index in [4.69, 9.17) is 0 Å². The molecule has 35 heavy (non-hydrogen) atoms. The lowest BCUT2D eigenvalue weighted by Crippen LogP contribution is -2.50. The number of piperazine rings is 1. The maximum absolute atomic E-state index is 13.4. The number of hydrogen-bond acceptors (Lipinski definition) is 4. The van der Waals surface area contributed by atoms with Crippen LogP contribution in [0.4, 0.5) is 0 Å². The molecule has 5 nitrogen and oxygen atoms in total. The van der Waals surface area contributed by atoms with Crippen LogP contribution in [0.25, 0.3) is 0 Å². The molecule has 0 bridgehead atoms. The lowest BCUT2D eigenvalue weighted by molar-refractivity contribution is -0.139. The fraction of sp³-hybridized carbons (Fsp3) is 0.586. The summed E-state index contributed by atoms with van der Waals surface area (Å²) < 4.78 is 0. The minimum absolute atomic E-state index is 0.0455. The van der Waals surface area contributed by atoms with Crippen molar-refractivity contribution in [1.82, 2.24) is 14.7 Å². The quantitative estimate of drug-likeness (QED) is 0.567. The topological polar surface area (TPSA) is 43.9 Å². The Hall–Kier alpha value is -2.18. The van der Waals surface area contributed by atoms with Gasteiger partial charge in [-0.05, 0) is 54.7 Å². The van der Waals surface area contributed by atoms with Crippen molar-refractivity contribution in [1.29, 1.82) is 0 Å². The van der Waals surface area contributed by atoms with Crippen LogP contribution in [0.1, 0.15) is 72.6 Å². The van der Waals surface area contributed by atoms with Crippen molar-refractivity contribution in [3.05, 3.63) is 57.3 Å². The fourth-order valence-corrected chi connectivity index (χ4v) is 7.12. The van der Waals surface area contributed by atoms with Gasteiger partial charge in [-0.25, -0.2) is 0 Å². The van der Waals surface area contributed by atoms with Gasteiger partial charge in [-0.1, -0.05) is 49.1 Å². The third-order valence-electron chi connectivity index (χ3n) is 8.16. The molecule has 188 valence electrons. The first-order valence-electron chi connectivity index (χ1n) is 13.5. The monoisotopic (exact) mass is 493 g/mol. The zero-order chi connectivity index (χ0) is 24.2. The van der Waals surface area contributed by atoms with Gasteiger partial charge in [-0.3, -0.25) is 14.5 Å². The smallest absolute Gasteiger partial charge is 0.223 e. The van der Waals surface area contributed by atoms with Gasteiger partial charge in [0.25, 0.3) is 0 Å². The number of fused-ring (bicyclic) bond motifs is 1. The van der Waals surface area contributed by atoms with Gasteiger partial charge in [0.05, 0.1) is 6.04 Å². The highest BCUT2D eigenvalue weighted by Gasteiger charge is 2.33. The average molecular weight is 494 g/mol. The molecule has 2 fully saturated rings. The predicted octanol–water partition coefficient (Wildman–Crippen LogP) is 5.04. The van der Waals surface area contributed by atoms with E-state index in [0.29, 0.717) is 12.8 Å². The van der Waals surface area contributed by atoms with Crippen molar-refractivity contribution in [3.63, 3.8) is 0 Å². The Morgan fingerprint density at radius 1 is 0.943 bits per heavy atom. The lowest BCUT2D eigenvalue weighted by Gasteiger charge is -2.38. The van der Waals surface area contributed by atoms with Crippen molar-refractivity contribution < 1.29 is 9.59 Å². The molecule has 1 atom stereocenters. The van der Waals surface area contributed by atoms with Crippen LogP contribution in [0.5, 0.6) is 0 Å². The Morgan fingerprint density at radius 2 is 1.71 bits per heavy atom. The maximum atomic E-state index is 13.4. The molecule has 1 saturated heterocycles. The first-order valence-corrected chi connectivity index (χ1v) is 14.4. The zero-order valence-corrected chi connectivity index (χ0v) is 21.9. The number of amides is 2. The van der Waals surface area contributed by atoms with Gasteiger partial charge in [0.1, 0.15) is 0 Å². The van der Waals surface area contributed by atoms with Crippen molar-refractivity contribution in [2.75, 3.05) is 39.3 Å². The molecule has 2 aromatic rings. The summed E-state index contributed by atoms with van der Waals surface area (Å²) in [6.07, 6.45) is 8.41. The summed E-state index contributed by atoms with van der Waals surface area (Å²) in [4.78, 5) is 34.3. The number of benzene rings is 1. The lowest BCUT2D eigenvalue weighted by atomic mass is 9.89.